The Bertz CT molecular complexity index is 391. The number of alkyl halides is 6. The fourth-order valence-electron chi connectivity index (χ4n) is 1.08. The summed E-state index contributed by atoms with van der Waals surface area (Å²) in [5, 5.41) is 0. The molecule has 0 bridgehead atoms. The maximum Gasteiger partial charge on any atom is 0.433 e. The number of nitrogen functional groups attached to an aromatic ring is 1. The minimum absolute atomic E-state index is 0.273. The van der Waals surface area contributed by atoms with Crippen molar-refractivity contribution in [2.45, 2.75) is 18.5 Å². The Morgan fingerprint density at radius 1 is 1.38 bits per heavy atom. The van der Waals surface area contributed by atoms with E-state index in [1.165, 1.54) is 0 Å². The molecule has 0 aliphatic heterocycles. The maximum absolute atomic E-state index is 12.4. The van der Waals surface area contributed by atoms with E-state index < -0.39 is 35.6 Å². The average Bonchev–Trinajstić information content (AvgIpc) is 2.14. The van der Waals surface area contributed by atoms with Gasteiger partial charge in [-0.1, -0.05) is 0 Å². The molecule has 2 N–H and O–H groups in total. The predicted octanol–water partition coefficient (Wildman–Crippen LogP) is 3.36. The highest BCUT2D eigenvalue weighted by Gasteiger charge is 2.34. The van der Waals surface area contributed by atoms with Gasteiger partial charge >= 0.3 is 6.18 Å². The van der Waals surface area contributed by atoms with Crippen molar-refractivity contribution in [1.82, 2.24) is 4.98 Å². The number of nitrogens with zero attached hydrogens (tertiary/aromatic N) is 1. The highest BCUT2D eigenvalue weighted by Crippen LogP contribution is 2.34. The summed E-state index contributed by atoms with van der Waals surface area (Å²) in [5.74, 6) is -0.420. The number of nitrogens with two attached hydrogens (primary N) is 1. The standard InChI is InChI=1S/C8H6ClF5N2/c9-2-3-4(15)1-5(8(12,13)14)16-6(3)7(10)11/h1,7H,2H2,(H2,15,16). The van der Waals surface area contributed by atoms with Crippen LogP contribution in [0.1, 0.15) is 23.4 Å². The van der Waals surface area contributed by atoms with E-state index in [2.05, 4.69) is 4.98 Å². The zero-order chi connectivity index (χ0) is 12.5. The summed E-state index contributed by atoms with van der Waals surface area (Å²) in [4.78, 5) is 2.84. The molecule has 0 unspecified atom stereocenters. The van der Waals surface area contributed by atoms with E-state index in [1.807, 2.05) is 0 Å². The van der Waals surface area contributed by atoms with Crippen LogP contribution in [-0.2, 0) is 12.1 Å². The Balaban J connectivity index is 3.40. The summed E-state index contributed by atoms with van der Waals surface area (Å²) in [6.07, 6.45) is -7.97. The molecule has 0 spiro atoms. The number of hydrogen-bond donors (Lipinski definition) is 1. The third-order valence-electron chi connectivity index (χ3n) is 1.82. The third kappa shape index (κ3) is 2.52. The molecule has 90 valence electrons. The topological polar surface area (TPSA) is 38.9 Å². The van der Waals surface area contributed by atoms with E-state index in [4.69, 9.17) is 17.3 Å². The Hall–Kier alpha value is -1.11. The summed E-state index contributed by atoms with van der Waals surface area (Å²) in [6.45, 7) is 0. The van der Waals surface area contributed by atoms with Gasteiger partial charge in [-0.05, 0) is 6.07 Å². The smallest absolute Gasteiger partial charge is 0.398 e. The molecular formula is C8H6ClF5N2. The summed E-state index contributed by atoms with van der Waals surface area (Å²) >= 11 is 5.31. The summed E-state index contributed by atoms with van der Waals surface area (Å²) in [5.41, 5.74) is 2.02. The van der Waals surface area contributed by atoms with Crippen molar-refractivity contribution >= 4 is 17.3 Å². The van der Waals surface area contributed by atoms with Gasteiger partial charge in [-0.25, -0.2) is 13.8 Å². The first-order chi connectivity index (χ1) is 7.27. The summed E-state index contributed by atoms with van der Waals surface area (Å²) in [6, 6.07) is 0.490. The zero-order valence-corrected chi connectivity index (χ0v) is 8.41. The monoisotopic (exact) mass is 260 g/mol. The molecule has 0 fully saturated rings. The zero-order valence-electron chi connectivity index (χ0n) is 7.65. The van der Waals surface area contributed by atoms with Crippen molar-refractivity contribution in [3.05, 3.63) is 23.0 Å². The summed E-state index contributed by atoms with van der Waals surface area (Å²) < 4.78 is 61.6. The number of hydrogen-bond acceptors (Lipinski definition) is 2. The fraction of sp³-hybridized carbons (Fsp3) is 0.375. The lowest BCUT2D eigenvalue weighted by Crippen LogP contribution is -2.13. The van der Waals surface area contributed by atoms with Gasteiger partial charge in [0.1, 0.15) is 11.4 Å². The number of aromatic nitrogens is 1. The first kappa shape index (κ1) is 13.0. The van der Waals surface area contributed by atoms with E-state index in [0.29, 0.717) is 6.07 Å². The van der Waals surface area contributed by atoms with Gasteiger partial charge in [-0.3, -0.25) is 0 Å². The van der Waals surface area contributed by atoms with Crippen LogP contribution in [0.25, 0.3) is 0 Å². The van der Waals surface area contributed by atoms with E-state index in [-0.39, 0.29) is 5.56 Å². The van der Waals surface area contributed by atoms with E-state index >= 15 is 0 Å². The van der Waals surface area contributed by atoms with Crippen molar-refractivity contribution < 1.29 is 22.0 Å². The lowest BCUT2D eigenvalue weighted by molar-refractivity contribution is -0.141. The highest BCUT2D eigenvalue weighted by molar-refractivity contribution is 6.17. The molecule has 0 atom stereocenters. The first-order valence-corrected chi connectivity index (χ1v) is 4.51. The molecule has 1 aromatic rings. The molecule has 0 saturated heterocycles. The van der Waals surface area contributed by atoms with Crippen LogP contribution < -0.4 is 5.73 Å². The van der Waals surface area contributed by atoms with Crippen LogP contribution in [0.3, 0.4) is 0 Å². The molecule has 1 aromatic heterocycles. The van der Waals surface area contributed by atoms with Crippen molar-refractivity contribution in [3.8, 4) is 0 Å². The molecule has 1 heterocycles. The number of pyridine rings is 1. The van der Waals surface area contributed by atoms with Crippen molar-refractivity contribution in [2.24, 2.45) is 0 Å². The summed E-state index contributed by atoms with van der Waals surface area (Å²) in [7, 11) is 0. The van der Waals surface area contributed by atoms with Gasteiger partial charge in [0.25, 0.3) is 6.43 Å². The molecule has 16 heavy (non-hydrogen) atoms. The molecular weight excluding hydrogens is 255 g/mol. The van der Waals surface area contributed by atoms with Crippen LogP contribution in [0.15, 0.2) is 6.07 Å². The number of halogens is 6. The van der Waals surface area contributed by atoms with Gasteiger partial charge in [0.05, 0.1) is 5.88 Å². The second kappa shape index (κ2) is 4.40. The molecule has 0 aliphatic carbocycles. The Morgan fingerprint density at radius 3 is 2.31 bits per heavy atom. The highest BCUT2D eigenvalue weighted by atomic mass is 35.5. The minimum Gasteiger partial charge on any atom is -0.398 e. The molecule has 1 rings (SSSR count). The van der Waals surface area contributed by atoms with E-state index in [9.17, 15) is 22.0 Å². The van der Waals surface area contributed by atoms with Crippen LogP contribution in [0.2, 0.25) is 0 Å². The van der Waals surface area contributed by atoms with Gasteiger partial charge in [0, 0.05) is 11.3 Å². The van der Waals surface area contributed by atoms with Gasteiger partial charge < -0.3 is 5.73 Å². The van der Waals surface area contributed by atoms with Gasteiger partial charge in [-0.2, -0.15) is 13.2 Å². The molecule has 0 aliphatic rings. The van der Waals surface area contributed by atoms with Crippen LogP contribution in [-0.4, -0.2) is 4.98 Å². The predicted molar refractivity (Wildman–Crippen MR) is 48.2 cm³/mol. The molecule has 0 saturated carbocycles. The van der Waals surface area contributed by atoms with Crippen LogP contribution in [0.4, 0.5) is 27.6 Å². The van der Waals surface area contributed by atoms with Gasteiger partial charge in [-0.15, -0.1) is 11.6 Å². The average molecular weight is 261 g/mol. The molecule has 0 radical (unpaired) electrons. The number of rotatable bonds is 2. The van der Waals surface area contributed by atoms with Crippen LogP contribution in [0.5, 0.6) is 0 Å². The van der Waals surface area contributed by atoms with Crippen molar-refractivity contribution in [2.75, 3.05) is 5.73 Å². The van der Waals surface area contributed by atoms with E-state index in [1.54, 1.807) is 0 Å². The van der Waals surface area contributed by atoms with Crippen LogP contribution >= 0.6 is 11.6 Å². The number of anilines is 1. The third-order valence-corrected chi connectivity index (χ3v) is 2.09. The minimum atomic E-state index is -4.82. The second-order valence-corrected chi connectivity index (χ2v) is 3.16. The van der Waals surface area contributed by atoms with Crippen molar-refractivity contribution in [3.63, 3.8) is 0 Å². The van der Waals surface area contributed by atoms with Crippen LogP contribution in [0, 0.1) is 0 Å². The maximum atomic E-state index is 12.4. The second-order valence-electron chi connectivity index (χ2n) is 2.89. The first-order valence-electron chi connectivity index (χ1n) is 3.98. The molecule has 8 heteroatoms. The van der Waals surface area contributed by atoms with Gasteiger partial charge in [0.15, 0.2) is 0 Å². The van der Waals surface area contributed by atoms with E-state index in [0.717, 1.165) is 0 Å². The fourth-order valence-corrected chi connectivity index (χ4v) is 1.37. The quantitative estimate of drug-likeness (QED) is 0.654. The van der Waals surface area contributed by atoms with Crippen molar-refractivity contribution in [1.29, 1.82) is 0 Å². The normalized spacial score (nSPS) is 12.2. The Labute approximate surface area is 92.2 Å². The largest absolute Gasteiger partial charge is 0.433 e. The SMILES string of the molecule is Nc1cc(C(F)(F)F)nc(C(F)F)c1CCl. The lowest BCUT2D eigenvalue weighted by atomic mass is 10.1. The lowest BCUT2D eigenvalue weighted by Gasteiger charge is -2.13. The Kier molecular flexibility index (Phi) is 3.57. The van der Waals surface area contributed by atoms with Gasteiger partial charge in [0.2, 0.25) is 0 Å². The molecule has 0 aromatic carbocycles. The Morgan fingerprint density at radius 2 is 1.94 bits per heavy atom. The molecule has 2 nitrogen and oxygen atoms in total. The molecule has 0 amide bonds.